The summed E-state index contributed by atoms with van der Waals surface area (Å²) in [6.07, 6.45) is 2.18. The molecule has 0 spiro atoms. The van der Waals surface area contributed by atoms with Gasteiger partial charge in [-0.25, -0.2) is 0 Å². The van der Waals surface area contributed by atoms with Crippen molar-refractivity contribution in [2.45, 2.75) is 6.42 Å². The minimum Gasteiger partial charge on any atom is -0.493 e. The molecule has 118 valence electrons. The molecule has 6 heteroatoms. The number of nitrogens with one attached hydrogen (secondary N) is 2. The summed E-state index contributed by atoms with van der Waals surface area (Å²) in [5, 5.41) is 5.50. The van der Waals surface area contributed by atoms with Gasteiger partial charge >= 0.3 is 0 Å². The third-order valence-corrected chi connectivity index (χ3v) is 3.54. The fourth-order valence-corrected chi connectivity index (χ4v) is 2.23. The molecular formula is C16H20N2O4. The fraction of sp³-hybridized carbons (Fsp3) is 0.375. The summed E-state index contributed by atoms with van der Waals surface area (Å²) >= 11 is 0. The molecule has 0 bridgehead atoms. The van der Waals surface area contributed by atoms with Crippen molar-refractivity contribution < 1.29 is 19.1 Å². The highest BCUT2D eigenvalue weighted by Crippen LogP contribution is 2.40. The molecule has 6 nitrogen and oxygen atoms in total. The second-order valence-electron chi connectivity index (χ2n) is 5.04. The molecule has 1 aromatic rings. The van der Waals surface area contributed by atoms with E-state index >= 15 is 0 Å². The van der Waals surface area contributed by atoms with Gasteiger partial charge in [0, 0.05) is 18.3 Å². The van der Waals surface area contributed by atoms with Gasteiger partial charge in [-0.05, 0) is 18.6 Å². The highest BCUT2D eigenvalue weighted by Gasteiger charge is 2.47. The minimum atomic E-state index is -0.280. The van der Waals surface area contributed by atoms with Crippen molar-refractivity contribution in [3.8, 4) is 11.5 Å². The van der Waals surface area contributed by atoms with Crippen LogP contribution in [0.15, 0.2) is 30.9 Å². The highest BCUT2D eigenvalue weighted by molar-refractivity contribution is 5.99. The molecule has 0 heterocycles. The number of carbonyl (C=O) groups is 2. The molecule has 1 fully saturated rings. The van der Waals surface area contributed by atoms with Crippen molar-refractivity contribution in [3.05, 3.63) is 30.9 Å². The SMILES string of the molecule is C=CCNC(=O)C1CC1C(=O)Nc1ccc(OC)c(OC)c1. The van der Waals surface area contributed by atoms with E-state index in [0.717, 1.165) is 0 Å². The lowest BCUT2D eigenvalue weighted by Gasteiger charge is -2.10. The Morgan fingerprint density at radius 3 is 2.55 bits per heavy atom. The third kappa shape index (κ3) is 3.58. The highest BCUT2D eigenvalue weighted by atomic mass is 16.5. The van der Waals surface area contributed by atoms with Gasteiger partial charge in [-0.15, -0.1) is 6.58 Å². The topological polar surface area (TPSA) is 76.7 Å². The van der Waals surface area contributed by atoms with Gasteiger partial charge in [-0.1, -0.05) is 6.08 Å². The molecule has 2 atom stereocenters. The Bertz CT molecular complexity index is 586. The van der Waals surface area contributed by atoms with Crippen LogP contribution in [0.4, 0.5) is 5.69 Å². The zero-order valence-electron chi connectivity index (χ0n) is 12.7. The van der Waals surface area contributed by atoms with Crippen molar-refractivity contribution in [1.82, 2.24) is 5.32 Å². The molecule has 1 aliphatic carbocycles. The van der Waals surface area contributed by atoms with Crippen LogP contribution in [0, 0.1) is 11.8 Å². The fourth-order valence-electron chi connectivity index (χ4n) is 2.23. The lowest BCUT2D eigenvalue weighted by Crippen LogP contribution is -2.27. The van der Waals surface area contributed by atoms with Crippen LogP contribution < -0.4 is 20.1 Å². The van der Waals surface area contributed by atoms with Gasteiger partial charge in [0.25, 0.3) is 0 Å². The number of anilines is 1. The van der Waals surface area contributed by atoms with Crippen LogP contribution in [0.5, 0.6) is 11.5 Å². The number of amides is 2. The average molecular weight is 304 g/mol. The van der Waals surface area contributed by atoms with Crippen LogP contribution in [0.1, 0.15) is 6.42 Å². The summed E-state index contributed by atoms with van der Waals surface area (Å²) in [6, 6.07) is 5.13. The van der Waals surface area contributed by atoms with Crippen LogP contribution in [0.25, 0.3) is 0 Å². The van der Waals surface area contributed by atoms with E-state index in [4.69, 9.17) is 9.47 Å². The predicted octanol–water partition coefficient (Wildman–Crippen LogP) is 1.58. The zero-order chi connectivity index (χ0) is 16.1. The first-order chi connectivity index (χ1) is 10.6. The number of rotatable bonds is 7. The van der Waals surface area contributed by atoms with Crippen LogP contribution in [0.3, 0.4) is 0 Å². The van der Waals surface area contributed by atoms with Crippen LogP contribution in [-0.2, 0) is 9.59 Å². The van der Waals surface area contributed by atoms with E-state index in [1.54, 1.807) is 31.4 Å². The lowest BCUT2D eigenvalue weighted by molar-refractivity contribution is -0.125. The Kier molecular flexibility index (Phi) is 5.04. The van der Waals surface area contributed by atoms with Crippen molar-refractivity contribution in [2.24, 2.45) is 11.8 Å². The van der Waals surface area contributed by atoms with Gasteiger partial charge in [0.05, 0.1) is 26.1 Å². The maximum absolute atomic E-state index is 12.1. The Balaban J connectivity index is 1.93. The van der Waals surface area contributed by atoms with E-state index in [2.05, 4.69) is 17.2 Å². The smallest absolute Gasteiger partial charge is 0.228 e. The Morgan fingerprint density at radius 1 is 1.23 bits per heavy atom. The molecule has 0 aliphatic heterocycles. The first kappa shape index (κ1) is 15.9. The number of hydrogen-bond acceptors (Lipinski definition) is 4. The maximum Gasteiger partial charge on any atom is 0.228 e. The van der Waals surface area contributed by atoms with Crippen molar-refractivity contribution in [2.75, 3.05) is 26.1 Å². The molecule has 1 saturated carbocycles. The van der Waals surface area contributed by atoms with E-state index in [9.17, 15) is 9.59 Å². The van der Waals surface area contributed by atoms with E-state index in [1.807, 2.05) is 0 Å². The Morgan fingerprint density at radius 2 is 1.91 bits per heavy atom. The number of hydrogen-bond donors (Lipinski definition) is 2. The third-order valence-electron chi connectivity index (χ3n) is 3.54. The summed E-state index contributed by atoms with van der Waals surface area (Å²) in [7, 11) is 3.08. The monoisotopic (exact) mass is 304 g/mol. The van der Waals surface area contributed by atoms with Gasteiger partial charge in [0.2, 0.25) is 11.8 Å². The van der Waals surface area contributed by atoms with Crippen LogP contribution in [-0.4, -0.2) is 32.6 Å². The van der Waals surface area contributed by atoms with Crippen molar-refractivity contribution in [3.63, 3.8) is 0 Å². The van der Waals surface area contributed by atoms with Crippen molar-refractivity contribution in [1.29, 1.82) is 0 Å². The second-order valence-corrected chi connectivity index (χ2v) is 5.04. The average Bonchev–Trinajstić information content (AvgIpc) is 3.33. The molecule has 2 amide bonds. The number of benzene rings is 1. The summed E-state index contributed by atoms with van der Waals surface area (Å²) in [5.41, 5.74) is 0.611. The Labute approximate surface area is 129 Å². The minimum absolute atomic E-state index is 0.104. The van der Waals surface area contributed by atoms with Crippen LogP contribution in [0.2, 0.25) is 0 Å². The number of ether oxygens (including phenoxy) is 2. The van der Waals surface area contributed by atoms with E-state index in [1.165, 1.54) is 7.11 Å². The molecule has 2 unspecified atom stereocenters. The maximum atomic E-state index is 12.1. The van der Waals surface area contributed by atoms with Gasteiger partial charge in [-0.2, -0.15) is 0 Å². The van der Waals surface area contributed by atoms with Crippen LogP contribution >= 0.6 is 0 Å². The number of methoxy groups -OCH3 is 2. The summed E-state index contributed by atoms with van der Waals surface area (Å²) < 4.78 is 10.3. The van der Waals surface area contributed by atoms with Gasteiger partial charge in [-0.3, -0.25) is 9.59 Å². The summed E-state index contributed by atoms with van der Waals surface area (Å²) in [6.45, 7) is 3.95. The molecule has 2 rings (SSSR count). The predicted molar refractivity (Wildman–Crippen MR) is 83.0 cm³/mol. The molecule has 2 N–H and O–H groups in total. The first-order valence-electron chi connectivity index (χ1n) is 7.02. The normalized spacial score (nSPS) is 19.0. The molecule has 0 aromatic heterocycles. The first-order valence-corrected chi connectivity index (χ1v) is 7.02. The second kappa shape index (κ2) is 6.98. The quantitative estimate of drug-likeness (QED) is 0.750. The molecule has 1 aromatic carbocycles. The summed E-state index contributed by atoms with van der Waals surface area (Å²) in [5.74, 6) is 0.335. The standard InChI is InChI=1S/C16H20N2O4/c1-4-7-17-15(19)11-9-12(11)16(20)18-10-5-6-13(21-2)14(8-10)22-3/h4-6,8,11-12H,1,7,9H2,2-3H3,(H,17,19)(H,18,20). The van der Waals surface area contributed by atoms with Crippen molar-refractivity contribution >= 4 is 17.5 Å². The zero-order valence-corrected chi connectivity index (χ0v) is 12.7. The molecule has 1 aliphatic rings. The lowest BCUT2D eigenvalue weighted by atomic mass is 10.2. The van der Waals surface area contributed by atoms with Gasteiger partial charge in [0.15, 0.2) is 11.5 Å². The van der Waals surface area contributed by atoms with E-state index in [0.29, 0.717) is 30.2 Å². The van der Waals surface area contributed by atoms with Gasteiger partial charge < -0.3 is 20.1 Å². The largest absolute Gasteiger partial charge is 0.493 e. The van der Waals surface area contributed by atoms with Gasteiger partial charge in [0.1, 0.15) is 0 Å². The van der Waals surface area contributed by atoms with E-state index in [-0.39, 0.29) is 23.7 Å². The Hall–Kier alpha value is -2.50. The summed E-state index contributed by atoms with van der Waals surface area (Å²) in [4.78, 5) is 23.9. The number of carbonyl (C=O) groups excluding carboxylic acids is 2. The molecule has 0 radical (unpaired) electrons. The van der Waals surface area contributed by atoms with E-state index < -0.39 is 0 Å². The molecule has 0 saturated heterocycles. The molecule has 22 heavy (non-hydrogen) atoms. The molecular weight excluding hydrogens is 284 g/mol.